The van der Waals surface area contributed by atoms with Gasteiger partial charge in [-0.15, -0.1) is 5.10 Å². The van der Waals surface area contributed by atoms with Gasteiger partial charge >= 0.3 is 0 Å². The summed E-state index contributed by atoms with van der Waals surface area (Å²) in [6, 6.07) is 18.3. The Balaban J connectivity index is 1.25. The fourth-order valence-corrected chi connectivity index (χ4v) is 3.86. The number of H-pyrrole nitrogens is 2. The fraction of sp³-hybridized carbons (Fsp3) is 0.217. The molecule has 9 heteroatoms. The molecule has 1 aliphatic rings. The summed E-state index contributed by atoms with van der Waals surface area (Å²) >= 11 is 0. The minimum absolute atomic E-state index is 0.199. The molecule has 0 radical (unpaired) electrons. The van der Waals surface area contributed by atoms with E-state index in [2.05, 4.69) is 66.2 Å². The Labute approximate surface area is 184 Å². The van der Waals surface area contributed by atoms with Gasteiger partial charge in [0.05, 0.1) is 0 Å². The molecule has 160 valence electrons. The van der Waals surface area contributed by atoms with E-state index in [9.17, 15) is 0 Å². The lowest BCUT2D eigenvalue weighted by Crippen LogP contribution is -2.06. The summed E-state index contributed by atoms with van der Waals surface area (Å²) < 4.78 is 1.78. The second kappa shape index (κ2) is 7.52. The van der Waals surface area contributed by atoms with E-state index in [1.54, 1.807) is 4.52 Å². The zero-order chi connectivity index (χ0) is 21.5. The van der Waals surface area contributed by atoms with Crippen LogP contribution in [0.3, 0.4) is 0 Å². The molecule has 6 rings (SSSR count). The third-order valence-electron chi connectivity index (χ3n) is 5.86. The van der Waals surface area contributed by atoms with E-state index in [0.717, 1.165) is 17.0 Å². The van der Waals surface area contributed by atoms with Crippen LogP contribution in [-0.2, 0) is 0 Å². The first kappa shape index (κ1) is 18.6. The number of benzene rings is 1. The first-order valence-electron chi connectivity index (χ1n) is 10.8. The van der Waals surface area contributed by atoms with Crippen molar-refractivity contribution in [3.8, 4) is 0 Å². The maximum atomic E-state index is 4.68. The number of nitrogens with zero attached hydrogens (tertiary/aromatic N) is 5. The summed E-state index contributed by atoms with van der Waals surface area (Å²) in [6.07, 6.45) is 4.34. The van der Waals surface area contributed by atoms with Crippen LogP contribution in [0.4, 0.5) is 23.4 Å². The van der Waals surface area contributed by atoms with E-state index in [-0.39, 0.29) is 5.92 Å². The van der Waals surface area contributed by atoms with Crippen LogP contribution in [0.15, 0.2) is 60.8 Å². The highest BCUT2D eigenvalue weighted by Crippen LogP contribution is 2.39. The second-order valence-corrected chi connectivity index (χ2v) is 8.20. The molecular weight excluding hydrogens is 402 g/mol. The van der Waals surface area contributed by atoms with Gasteiger partial charge in [0.2, 0.25) is 5.95 Å². The molecule has 1 aliphatic carbocycles. The highest BCUT2D eigenvalue weighted by Gasteiger charge is 2.25. The number of rotatable bonds is 7. The average molecular weight is 426 g/mol. The molecule has 0 unspecified atom stereocenters. The monoisotopic (exact) mass is 425 g/mol. The number of aromatic amines is 2. The maximum absolute atomic E-state index is 4.68. The Kier molecular flexibility index (Phi) is 4.38. The molecule has 0 spiro atoms. The van der Waals surface area contributed by atoms with Crippen molar-refractivity contribution in [2.75, 3.05) is 10.6 Å². The van der Waals surface area contributed by atoms with Crippen LogP contribution in [0.2, 0.25) is 0 Å². The minimum Gasteiger partial charge on any atom is -0.322 e. The quantitative estimate of drug-likeness (QED) is 0.301. The molecule has 0 aliphatic heterocycles. The van der Waals surface area contributed by atoms with Crippen LogP contribution in [0.5, 0.6) is 0 Å². The summed E-state index contributed by atoms with van der Waals surface area (Å²) in [5, 5.41) is 26.1. The van der Waals surface area contributed by atoms with E-state index in [0.29, 0.717) is 23.5 Å². The summed E-state index contributed by atoms with van der Waals surface area (Å²) in [4.78, 5) is 4.68. The number of hydrogen-bond acceptors (Lipinski definition) is 6. The van der Waals surface area contributed by atoms with Crippen LogP contribution in [0.1, 0.15) is 48.6 Å². The van der Waals surface area contributed by atoms with E-state index < -0.39 is 0 Å². The van der Waals surface area contributed by atoms with Gasteiger partial charge in [-0.3, -0.25) is 10.2 Å². The van der Waals surface area contributed by atoms with E-state index >= 15 is 0 Å². The van der Waals surface area contributed by atoms with E-state index in [4.69, 9.17) is 0 Å². The largest absolute Gasteiger partial charge is 0.322 e. The number of anilines is 4. The van der Waals surface area contributed by atoms with Crippen molar-refractivity contribution in [2.24, 2.45) is 0 Å². The molecule has 1 fully saturated rings. The zero-order valence-corrected chi connectivity index (χ0v) is 17.6. The van der Waals surface area contributed by atoms with Gasteiger partial charge in [0.25, 0.3) is 0 Å². The lowest BCUT2D eigenvalue weighted by Gasteiger charge is -2.09. The molecule has 1 aromatic carbocycles. The Bertz CT molecular complexity index is 1360. The molecular formula is C23H23N9. The molecule has 1 saturated carbocycles. The van der Waals surface area contributed by atoms with E-state index in [1.165, 1.54) is 24.1 Å². The lowest BCUT2D eigenvalue weighted by molar-refractivity contribution is 0.854. The van der Waals surface area contributed by atoms with Gasteiger partial charge in [0, 0.05) is 41.6 Å². The summed E-state index contributed by atoms with van der Waals surface area (Å²) in [7, 11) is 0. The highest BCUT2D eigenvalue weighted by atomic mass is 15.3. The second-order valence-electron chi connectivity index (χ2n) is 8.20. The Hall–Kier alpha value is -4.14. The maximum Gasteiger partial charge on any atom is 0.248 e. The van der Waals surface area contributed by atoms with Crippen LogP contribution < -0.4 is 10.6 Å². The van der Waals surface area contributed by atoms with Gasteiger partial charge in [-0.2, -0.15) is 15.2 Å². The predicted molar refractivity (Wildman–Crippen MR) is 123 cm³/mol. The van der Waals surface area contributed by atoms with Gasteiger partial charge in [-0.25, -0.2) is 4.52 Å². The Morgan fingerprint density at radius 1 is 0.969 bits per heavy atom. The van der Waals surface area contributed by atoms with Crippen LogP contribution in [0.25, 0.3) is 5.52 Å². The lowest BCUT2D eigenvalue weighted by atomic mass is 9.98. The standard InChI is InChI=1S/C23H23N9/c1-14(15-6-3-2-4-7-15)17-12-21(30-27-17)25-23-26-22(19-8-5-11-32(19)31-23)24-20-13-18(28-29-20)16-9-10-16/h2-8,11-14,16H,9-10H2,1H3,(H4,24,25,26,27,28,29,30,31)/t14-/m0/s1. The van der Waals surface area contributed by atoms with Crippen molar-refractivity contribution < 1.29 is 0 Å². The minimum atomic E-state index is 0.199. The van der Waals surface area contributed by atoms with Crippen molar-refractivity contribution in [3.63, 3.8) is 0 Å². The number of nitrogens with one attached hydrogen (secondary N) is 4. The van der Waals surface area contributed by atoms with Crippen LogP contribution in [0, 0.1) is 0 Å². The first-order valence-corrected chi connectivity index (χ1v) is 10.8. The summed E-state index contributed by atoms with van der Waals surface area (Å²) in [6.45, 7) is 2.15. The molecule has 4 aromatic heterocycles. The molecule has 9 nitrogen and oxygen atoms in total. The predicted octanol–water partition coefficient (Wildman–Crippen LogP) is 4.69. The first-order chi connectivity index (χ1) is 15.7. The summed E-state index contributed by atoms with van der Waals surface area (Å²) in [5.41, 5.74) is 4.28. The molecule has 32 heavy (non-hydrogen) atoms. The van der Waals surface area contributed by atoms with Crippen molar-refractivity contribution in [2.45, 2.75) is 31.6 Å². The topological polar surface area (TPSA) is 112 Å². The SMILES string of the molecule is C[C@@H](c1ccccc1)c1cc(Nc2nc(Nc3cc(C4CC4)[nH]n3)c3cccn3n2)n[nH]1. The normalized spacial score (nSPS) is 14.5. The van der Waals surface area contributed by atoms with Gasteiger partial charge in [-0.1, -0.05) is 37.3 Å². The van der Waals surface area contributed by atoms with Crippen LogP contribution in [-0.4, -0.2) is 35.0 Å². The fourth-order valence-electron chi connectivity index (χ4n) is 3.86. The van der Waals surface area contributed by atoms with Gasteiger partial charge in [0.15, 0.2) is 17.5 Å². The van der Waals surface area contributed by atoms with Crippen molar-refractivity contribution in [1.82, 2.24) is 35.0 Å². The molecule has 0 amide bonds. The average Bonchev–Trinajstić information content (AvgIpc) is 3.17. The molecule has 0 saturated heterocycles. The molecule has 0 bridgehead atoms. The smallest absolute Gasteiger partial charge is 0.248 e. The third-order valence-corrected chi connectivity index (χ3v) is 5.86. The van der Waals surface area contributed by atoms with Crippen LogP contribution >= 0.6 is 0 Å². The van der Waals surface area contributed by atoms with Gasteiger partial charge in [0.1, 0.15) is 5.52 Å². The number of aromatic nitrogens is 7. The third kappa shape index (κ3) is 3.58. The Morgan fingerprint density at radius 2 is 1.78 bits per heavy atom. The molecule has 4 heterocycles. The van der Waals surface area contributed by atoms with Gasteiger partial charge in [-0.05, 0) is 30.5 Å². The summed E-state index contributed by atoms with van der Waals surface area (Å²) in [5.74, 6) is 3.34. The highest BCUT2D eigenvalue weighted by molar-refractivity contribution is 5.73. The molecule has 5 aromatic rings. The number of fused-ring (bicyclic) bond motifs is 1. The molecule has 4 N–H and O–H groups in total. The Morgan fingerprint density at radius 3 is 2.62 bits per heavy atom. The zero-order valence-electron chi connectivity index (χ0n) is 17.6. The van der Waals surface area contributed by atoms with Gasteiger partial charge < -0.3 is 10.6 Å². The van der Waals surface area contributed by atoms with E-state index in [1.807, 2.05) is 42.6 Å². The van der Waals surface area contributed by atoms with Crippen molar-refractivity contribution in [3.05, 3.63) is 77.7 Å². The molecule has 1 atom stereocenters. The number of hydrogen-bond donors (Lipinski definition) is 4. The van der Waals surface area contributed by atoms with Crippen molar-refractivity contribution in [1.29, 1.82) is 0 Å². The van der Waals surface area contributed by atoms with Crippen molar-refractivity contribution >= 4 is 28.9 Å².